The molecule has 1 aromatic carbocycles. The molecule has 1 fully saturated rings. The number of aromatic nitrogens is 2. The van der Waals surface area contributed by atoms with Crippen molar-refractivity contribution in [2.75, 3.05) is 31.1 Å². The van der Waals surface area contributed by atoms with E-state index in [4.69, 9.17) is 0 Å². The second kappa shape index (κ2) is 7.46. The maximum absolute atomic E-state index is 12.4. The van der Waals surface area contributed by atoms with Crippen LogP contribution in [0.2, 0.25) is 0 Å². The third-order valence-corrected chi connectivity index (χ3v) is 5.15. The van der Waals surface area contributed by atoms with Crippen LogP contribution in [0.25, 0.3) is 0 Å². The highest BCUT2D eigenvalue weighted by atomic mass is 32.1. The quantitative estimate of drug-likeness (QED) is 0.727. The van der Waals surface area contributed by atoms with Gasteiger partial charge in [0.1, 0.15) is 5.82 Å². The van der Waals surface area contributed by atoms with Gasteiger partial charge in [-0.15, -0.1) is 0 Å². The van der Waals surface area contributed by atoms with Crippen LogP contribution in [0.15, 0.2) is 24.3 Å². The van der Waals surface area contributed by atoms with Crippen LogP contribution in [0.1, 0.15) is 37.7 Å². The molecule has 1 aliphatic heterocycles. The maximum atomic E-state index is 12.4. The van der Waals surface area contributed by atoms with Crippen LogP contribution in [0.3, 0.4) is 0 Å². The molecule has 3 rings (SSSR count). The first-order valence-electron chi connectivity index (χ1n) is 8.80. The normalized spacial score (nSPS) is 14.8. The molecule has 0 saturated carbocycles. The van der Waals surface area contributed by atoms with Gasteiger partial charge in [0.2, 0.25) is 5.13 Å². The molecule has 0 N–H and O–H groups in total. The molecular formula is C20H24N4OS. The van der Waals surface area contributed by atoms with E-state index in [1.807, 2.05) is 36.1 Å². The van der Waals surface area contributed by atoms with Crippen molar-refractivity contribution in [1.82, 2.24) is 14.3 Å². The van der Waals surface area contributed by atoms with E-state index < -0.39 is 0 Å². The summed E-state index contributed by atoms with van der Waals surface area (Å²) in [6, 6.07) is 7.85. The summed E-state index contributed by atoms with van der Waals surface area (Å²) in [4.78, 5) is 21.0. The molecule has 1 saturated heterocycles. The average Bonchev–Trinajstić information content (AvgIpc) is 3.11. The van der Waals surface area contributed by atoms with Gasteiger partial charge in [-0.1, -0.05) is 44.9 Å². The second-order valence-corrected chi connectivity index (χ2v) is 8.23. The maximum Gasteiger partial charge on any atom is 0.298 e. The minimum absolute atomic E-state index is 0.0440. The summed E-state index contributed by atoms with van der Waals surface area (Å²) in [6.45, 7) is 11.2. The Morgan fingerprint density at radius 2 is 1.85 bits per heavy atom. The number of aryl methyl sites for hydroxylation is 1. The minimum Gasteiger partial charge on any atom is -0.343 e. The van der Waals surface area contributed by atoms with E-state index in [1.165, 1.54) is 11.5 Å². The Balaban J connectivity index is 1.59. The van der Waals surface area contributed by atoms with Gasteiger partial charge in [-0.25, -0.2) is 4.98 Å². The Labute approximate surface area is 159 Å². The van der Waals surface area contributed by atoms with Crippen LogP contribution >= 0.6 is 11.5 Å². The topological polar surface area (TPSA) is 49.3 Å². The first kappa shape index (κ1) is 18.4. The van der Waals surface area contributed by atoms with Crippen LogP contribution in [0.5, 0.6) is 0 Å². The van der Waals surface area contributed by atoms with Crippen molar-refractivity contribution < 1.29 is 4.79 Å². The fourth-order valence-corrected chi connectivity index (χ4v) is 3.57. The van der Waals surface area contributed by atoms with E-state index in [0.717, 1.165) is 35.2 Å². The molecule has 1 amide bonds. The number of benzene rings is 1. The molecule has 0 aliphatic carbocycles. The summed E-state index contributed by atoms with van der Waals surface area (Å²) in [5, 5.41) is 0.938. The SMILES string of the molecule is Cc1ccccc1C#CC(=O)N1CCN(c2nc(C(C)(C)C)ns2)CC1. The summed E-state index contributed by atoms with van der Waals surface area (Å²) in [5.41, 5.74) is 1.95. The Morgan fingerprint density at radius 3 is 2.46 bits per heavy atom. The standard InChI is InChI=1S/C20H24N4OS/c1-15-7-5-6-8-16(15)9-10-17(25)23-11-13-24(14-12-23)19-21-18(22-26-19)20(2,3)4/h5-8H,11-14H2,1-4H3. The van der Waals surface area contributed by atoms with Crippen LogP contribution in [-0.4, -0.2) is 46.3 Å². The van der Waals surface area contributed by atoms with Gasteiger partial charge in [0.15, 0.2) is 0 Å². The number of anilines is 1. The van der Waals surface area contributed by atoms with Crippen molar-refractivity contribution in [2.24, 2.45) is 0 Å². The van der Waals surface area contributed by atoms with E-state index in [2.05, 4.69) is 46.9 Å². The second-order valence-electron chi connectivity index (χ2n) is 7.49. The number of carbonyl (C=O) groups excluding carboxylic acids is 1. The molecule has 136 valence electrons. The van der Waals surface area contributed by atoms with Gasteiger partial charge in [-0.2, -0.15) is 4.37 Å². The lowest BCUT2D eigenvalue weighted by atomic mass is 9.96. The number of hydrogen-bond acceptors (Lipinski definition) is 5. The van der Waals surface area contributed by atoms with Gasteiger partial charge >= 0.3 is 0 Å². The fraction of sp³-hybridized carbons (Fsp3) is 0.450. The number of piperazine rings is 1. The van der Waals surface area contributed by atoms with Gasteiger partial charge in [0, 0.05) is 54.6 Å². The fourth-order valence-electron chi connectivity index (χ4n) is 2.66. The van der Waals surface area contributed by atoms with Crippen molar-refractivity contribution in [3.05, 3.63) is 41.2 Å². The van der Waals surface area contributed by atoms with E-state index in [-0.39, 0.29) is 11.3 Å². The van der Waals surface area contributed by atoms with Crippen LogP contribution in [0.4, 0.5) is 5.13 Å². The minimum atomic E-state index is -0.111. The largest absolute Gasteiger partial charge is 0.343 e. The lowest BCUT2D eigenvalue weighted by Gasteiger charge is -2.33. The van der Waals surface area contributed by atoms with Crippen LogP contribution in [0, 0.1) is 18.8 Å². The average molecular weight is 369 g/mol. The van der Waals surface area contributed by atoms with Crippen LogP contribution < -0.4 is 4.90 Å². The molecule has 0 atom stereocenters. The summed E-state index contributed by atoms with van der Waals surface area (Å²) in [6.07, 6.45) is 0. The van der Waals surface area contributed by atoms with Crippen molar-refractivity contribution in [3.63, 3.8) is 0 Å². The van der Waals surface area contributed by atoms with E-state index in [9.17, 15) is 4.79 Å². The first-order valence-corrected chi connectivity index (χ1v) is 9.57. The highest BCUT2D eigenvalue weighted by Crippen LogP contribution is 2.25. The number of amides is 1. The van der Waals surface area contributed by atoms with Gasteiger partial charge < -0.3 is 9.80 Å². The highest BCUT2D eigenvalue weighted by Gasteiger charge is 2.25. The zero-order valence-corrected chi connectivity index (χ0v) is 16.6. The summed E-state index contributed by atoms with van der Waals surface area (Å²) < 4.78 is 4.47. The summed E-state index contributed by atoms with van der Waals surface area (Å²) >= 11 is 1.44. The summed E-state index contributed by atoms with van der Waals surface area (Å²) in [5.74, 6) is 6.54. The lowest BCUT2D eigenvalue weighted by Crippen LogP contribution is -2.48. The van der Waals surface area contributed by atoms with E-state index >= 15 is 0 Å². The first-order chi connectivity index (χ1) is 12.3. The van der Waals surface area contributed by atoms with Crippen LogP contribution in [-0.2, 0) is 10.2 Å². The molecule has 0 bridgehead atoms. The lowest BCUT2D eigenvalue weighted by molar-refractivity contribution is -0.125. The molecular weight excluding hydrogens is 344 g/mol. The molecule has 26 heavy (non-hydrogen) atoms. The van der Waals surface area contributed by atoms with Gasteiger partial charge in [0.25, 0.3) is 5.91 Å². The van der Waals surface area contributed by atoms with Crippen molar-refractivity contribution in [1.29, 1.82) is 0 Å². The Kier molecular flexibility index (Phi) is 5.28. The third kappa shape index (κ3) is 4.23. The molecule has 2 heterocycles. The number of carbonyl (C=O) groups is 1. The highest BCUT2D eigenvalue weighted by molar-refractivity contribution is 7.09. The molecule has 0 radical (unpaired) electrons. The number of rotatable bonds is 1. The molecule has 0 spiro atoms. The number of hydrogen-bond donors (Lipinski definition) is 0. The van der Waals surface area contributed by atoms with Gasteiger partial charge in [-0.3, -0.25) is 4.79 Å². The predicted molar refractivity (Wildman–Crippen MR) is 105 cm³/mol. The number of nitrogens with zero attached hydrogens (tertiary/aromatic N) is 4. The zero-order chi connectivity index (χ0) is 18.7. The Bertz CT molecular complexity index is 848. The van der Waals surface area contributed by atoms with E-state index in [0.29, 0.717) is 13.1 Å². The molecule has 0 unspecified atom stereocenters. The molecule has 5 nitrogen and oxygen atoms in total. The smallest absolute Gasteiger partial charge is 0.298 e. The molecule has 6 heteroatoms. The summed E-state index contributed by atoms with van der Waals surface area (Å²) in [7, 11) is 0. The third-order valence-electron chi connectivity index (χ3n) is 4.37. The van der Waals surface area contributed by atoms with Crippen molar-refractivity contribution in [3.8, 4) is 11.8 Å². The molecule has 1 aromatic heterocycles. The zero-order valence-electron chi connectivity index (χ0n) is 15.7. The van der Waals surface area contributed by atoms with Crippen molar-refractivity contribution >= 4 is 22.6 Å². The predicted octanol–water partition coefficient (Wildman–Crippen LogP) is 2.84. The Hall–Kier alpha value is -2.39. The van der Waals surface area contributed by atoms with E-state index in [1.54, 1.807) is 0 Å². The van der Waals surface area contributed by atoms with Gasteiger partial charge in [-0.05, 0) is 18.6 Å². The van der Waals surface area contributed by atoms with Gasteiger partial charge in [0.05, 0.1) is 0 Å². The van der Waals surface area contributed by atoms with Crippen molar-refractivity contribution in [2.45, 2.75) is 33.1 Å². The monoisotopic (exact) mass is 368 g/mol. The Morgan fingerprint density at radius 1 is 1.15 bits per heavy atom. The molecule has 1 aliphatic rings. The molecule has 2 aromatic rings.